The Morgan fingerprint density at radius 2 is 1.85 bits per heavy atom. The predicted octanol–water partition coefficient (Wildman–Crippen LogP) is 3.67. The summed E-state index contributed by atoms with van der Waals surface area (Å²) in [5.74, 6) is -1.21. The van der Waals surface area contributed by atoms with Crippen molar-refractivity contribution in [2.24, 2.45) is 0 Å². The zero-order chi connectivity index (χ0) is 19.1. The van der Waals surface area contributed by atoms with Gasteiger partial charge in [0, 0.05) is 25.0 Å². The zero-order valence-electron chi connectivity index (χ0n) is 15.9. The van der Waals surface area contributed by atoms with Crippen LogP contribution in [-0.4, -0.2) is 46.1 Å². The van der Waals surface area contributed by atoms with Crippen molar-refractivity contribution in [1.29, 1.82) is 0 Å². The Morgan fingerprint density at radius 3 is 2.63 bits per heavy atom. The number of carbonyl (C=O) groups is 2. The second kappa shape index (κ2) is 9.94. The third kappa shape index (κ3) is 6.22. The maximum Gasteiger partial charge on any atom is 0.306 e. The van der Waals surface area contributed by atoms with E-state index in [1.807, 2.05) is 0 Å². The second-order valence-corrected chi connectivity index (χ2v) is 8.78. The topological polar surface area (TPSA) is 84.9 Å². The number of hydrogen-bond acceptors (Lipinski definition) is 6. The van der Waals surface area contributed by atoms with Crippen LogP contribution >= 0.6 is 11.8 Å². The first-order valence-electron chi connectivity index (χ1n) is 10.2. The average molecular weight is 398 g/mol. The molecule has 2 N–H and O–H groups in total. The van der Waals surface area contributed by atoms with Crippen molar-refractivity contribution < 1.29 is 24.2 Å². The fourth-order valence-corrected chi connectivity index (χ4v) is 4.92. The Bertz CT molecular complexity index is 554. The Balaban J connectivity index is 1.67. The second-order valence-electron chi connectivity index (χ2n) is 7.79. The van der Waals surface area contributed by atoms with Crippen molar-refractivity contribution >= 4 is 23.0 Å². The van der Waals surface area contributed by atoms with Crippen LogP contribution in [0.4, 0.5) is 4.79 Å². The molecule has 3 aliphatic heterocycles. The minimum Gasteiger partial charge on any atom is -0.462 e. The molecule has 0 saturated carbocycles. The van der Waals surface area contributed by atoms with E-state index in [9.17, 15) is 14.7 Å². The van der Waals surface area contributed by atoms with Crippen molar-refractivity contribution in [3.05, 3.63) is 12.2 Å². The van der Waals surface area contributed by atoms with Crippen LogP contribution in [0.3, 0.4) is 0 Å². The van der Waals surface area contributed by atoms with Gasteiger partial charge in [0.15, 0.2) is 5.79 Å². The summed E-state index contributed by atoms with van der Waals surface area (Å²) >= 11 is 1.15. The van der Waals surface area contributed by atoms with Gasteiger partial charge in [-0.2, -0.15) is 0 Å². The molecule has 2 saturated heterocycles. The van der Waals surface area contributed by atoms with Crippen LogP contribution in [0.15, 0.2) is 12.2 Å². The highest BCUT2D eigenvalue weighted by Crippen LogP contribution is 2.36. The van der Waals surface area contributed by atoms with E-state index in [0.717, 1.165) is 63.1 Å². The van der Waals surface area contributed by atoms with Gasteiger partial charge in [0.05, 0.1) is 12.1 Å². The number of ether oxygens (including phenoxy) is 2. The van der Waals surface area contributed by atoms with Crippen molar-refractivity contribution in [3.63, 3.8) is 0 Å². The van der Waals surface area contributed by atoms with Crippen molar-refractivity contribution in [2.75, 3.05) is 5.75 Å². The lowest BCUT2D eigenvalue weighted by Gasteiger charge is -2.43. The Kier molecular flexibility index (Phi) is 7.61. The van der Waals surface area contributed by atoms with E-state index in [-0.39, 0.29) is 29.8 Å². The molecule has 2 bridgehead atoms. The van der Waals surface area contributed by atoms with E-state index >= 15 is 0 Å². The molecule has 0 aromatic heterocycles. The summed E-state index contributed by atoms with van der Waals surface area (Å²) in [6.45, 7) is 0. The fraction of sp³-hybridized carbons (Fsp3) is 0.800. The van der Waals surface area contributed by atoms with Gasteiger partial charge in [-0.3, -0.25) is 9.59 Å². The molecule has 7 heteroatoms. The van der Waals surface area contributed by atoms with Crippen molar-refractivity contribution in [1.82, 2.24) is 5.32 Å². The van der Waals surface area contributed by atoms with Crippen LogP contribution in [0, 0.1) is 0 Å². The summed E-state index contributed by atoms with van der Waals surface area (Å²) in [5, 5.41) is 13.7. The number of amides is 1. The Hall–Kier alpha value is -1.05. The molecule has 0 aromatic rings. The quantitative estimate of drug-likeness (QED) is 0.519. The molecule has 1 amide bonds. The average Bonchev–Trinajstić information content (AvgIpc) is 3.06. The van der Waals surface area contributed by atoms with Crippen LogP contribution < -0.4 is 5.32 Å². The fourth-order valence-electron chi connectivity index (χ4n) is 4.04. The van der Waals surface area contributed by atoms with Gasteiger partial charge in [0.1, 0.15) is 6.10 Å². The summed E-state index contributed by atoms with van der Waals surface area (Å²) in [5.41, 5.74) is 0. The molecule has 0 aliphatic carbocycles. The van der Waals surface area contributed by atoms with E-state index < -0.39 is 11.8 Å². The third-order valence-corrected chi connectivity index (χ3v) is 6.38. The van der Waals surface area contributed by atoms with Gasteiger partial charge in [-0.05, 0) is 38.5 Å². The molecule has 3 heterocycles. The van der Waals surface area contributed by atoms with Crippen molar-refractivity contribution in [2.45, 2.75) is 94.7 Å². The summed E-state index contributed by atoms with van der Waals surface area (Å²) in [4.78, 5) is 23.8. The van der Waals surface area contributed by atoms with Gasteiger partial charge in [-0.15, -0.1) is 0 Å². The lowest BCUT2D eigenvalue weighted by atomic mass is 9.91. The van der Waals surface area contributed by atoms with Gasteiger partial charge < -0.3 is 19.9 Å². The molecule has 0 radical (unpaired) electrons. The molecular formula is C20H31NO5S. The summed E-state index contributed by atoms with van der Waals surface area (Å²) in [6.07, 6.45) is 13.2. The van der Waals surface area contributed by atoms with Crippen LogP contribution in [0.1, 0.15) is 70.6 Å². The predicted molar refractivity (Wildman–Crippen MR) is 104 cm³/mol. The van der Waals surface area contributed by atoms with Crippen LogP contribution in [-0.2, 0) is 14.3 Å². The minimum absolute atomic E-state index is 0.146. The maximum atomic E-state index is 12.2. The lowest BCUT2D eigenvalue weighted by Crippen LogP contribution is -2.58. The SMILES string of the molecule is O=C1CCCCCC/C=C\CCC[C@@H]2C[C@H](C[C@](O)([C@@H]3CSC(=O)N3)O2)O1. The number of nitrogens with one attached hydrogen (secondary N) is 1. The summed E-state index contributed by atoms with van der Waals surface area (Å²) in [6, 6.07) is -0.468. The molecule has 4 atom stereocenters. The number of rotatable bonds is 1. The molecule has 0 aromatic carbocycles. The van der Waals surface area contributed by atoms with Crippen molar-refractivity contribution in [3.8, 4) is 0 Å². The lowest BCUT2D eigenvalue weighted by molar-refractivity contribution is -0.284. The van der Waals surface area contributed by atoms with Gasteiger partial charge >= 0.3 is 5.97 Å². The number of aliphatic hydroxyl groups is 1. The third-order valence-electron chi connectivity index (χ3n) is 5.50. The molecule has 6 nitrogen and oxygen atoms in total. The van der Waals surface area contributed by atoms with Gasteiger partial charge in [0.25, 0.3) is 5.24 Å². The van der Waals surface area contributed by atoms with Gasteiger partial charge in [-0.1, -0.05) is 36.8 Å². The number of thioether (sulfide) groups is 1. The largest absolute Gasteiger partial charge is 0.462 e. The van der Waals surface area contributed by atoms with Crippen LogP contribution in [0.2, 0.25) is 0 Å². The molecule has 3 aliphatic rings. The van der Waals surface area contributed by atoms with Crippen LogP contribution in [0.5, 0.6) is 0 Å². The van der Waals surface area contributed by atoms with Crippen LogP contribution in [0.25, 0.3) is 0 Å². The molecule has 0 spiro atoms. The normalized spacial score (nSPS) is 38.0. The standard InChI is InChI=1S/C20H31NO5S/c22-18-11-9-7-5-3-1-2-4-6-8-10-15-12-16(25-18)13-20(24,26-15)17-14-27-19(23)21-17/h2,4,15-17,24H,1,3,5-14H2,(H,21,23)/b4-2-/t15-,16-,17+,20-/m1/s1. The molecule has 3 rings (SSSR count). The first-order chi connectivity index (χ1) is 13.0. The van der Waals surface area contributed by atoms with E-state index in [0.29, 0.717) is 18.6 Å². The number of allylic oxidation sites excluding steroid dienone is 2. The summed E-state index contributed by atoms with van der Waals surface area (Å²) in [7, 11) is 0. The highest BCUT2D eigenvalue weighted by atomic mass is 32.2. The zero-order valence-corrected chi connectivity index (χ0v) is 16.7. The monoisotopic (exact) mass is 397 g/mol. The number of carbonyl (C=O) groups excluding carboxylic acids is 2. The van der Waals surface area contributed by atoms with E-state index in [2.05, 4.69) is 17.5 Å². The maximum absolute atomic E-state index is 12.2. The van der Waals surface area contributed by atoms with E-state index in [1.54, 1.807) is 0 Å². The summed E-state index contributed by atoms with van der Waals surface area (Å²) < 4.78 is 11.7. The molecular weight excluding hydrogens is 366 g/mol. The molecule has 27 heavy (non-hydrogen) atoms. The van der Waals surface area contributed by atoms with E-state index in [1.165, 1.54) is 0 Å². The van der Waals surface area contributed by atoms with Gasteiger partial charge in [-0.25, -0.2) is 0 Å². The smallest absolute Gasteiger partial charge is 0.306 e. The first kappa shape index (κ1) is 20.7. The highest BCUT2D eigenvalue weighted by Gasteiger charge is 2.49. The molecule has 2 fully saturated rings. The van der Waals surface area contributed by atoms with E-state index in [4.69, 9.17) is 9.47 Å². The molecule has 0 unspecified atom stereocenters. The highest BCUT2D eigenvalue weighted by molar-refractivity contribution is 8.14. The first-order valence-corrected chi connectivity index (χ1v) is 11.2. The Labute approximate surface area is 165 Å². The Morgan fingerprint density at radius 1 is 1.07 bits per heavy atom. The number of hydrogen-bond donors (Lipinski definition) is 2. The minimum atomic E-state index is -1.48. The molecule has 152 valence electrons. The number of esters is 1. The number of fused-ring (bicyclic) bond motifs is 2. The van der Waals surface area contributed by atoms with Gasteiger partial charge in [0.2, 0.25) is 0 Å².